The number of hydrogen-bond acceptors (Lipinski definition) is 6. The number of Topliss-reactive ketones (excluding diaryl/α,β-unsaturated/α-hetero) is 1. The maximum absolute atomic E-state index is 14.7. The van der Waals surface area contributed by atoms with E-state index in [1.165, 1.54) is 12.1 Å². The predicted octanol–water partition coefficient (Wildman–Crippen LogP) is 8.14. The summed E-state index contributed by atoms with van der Waals surface area (Å²) in [6.45, 7) is 2.00. The number of fused-ring (bicyclic) bond motifs is 3. The number of ketones is 1. The highest BCUT2D eigenvalue weighted by molar-refractivity contribution is 5.95. The molecule has 3 heterocycles. The lowest BCUT2D eigenvalue weighted by atomic mass is 9.90. The Bertz CT molecular complexity index is 1990. The van der Waals surface area contributed by atoms with E-state index in [1.54, 1.807) is 12.0 Å². The van der Waals surface area contributed by atoms with Gasteiger partial charge in [-0.3, -0.25) is 14.4 Å². The monoisotopic (exact) mass is 704 g/mol. The molecule has 8 nitrogen and oxygen atoms in total. The molecule has 52 heavy (non-hydrogen) atoms. The summed E-state index contributed by atoms with van der Waals surface area (Å²) in [6.07, 6.45) is 8.34. The van der Waals surface area contributed by atoms with Crippen LogP contribution in [0.5, 0.6) is 11.5 Å². The first-order valence-corrected chi connectivity index (χ1v) is 18.3. The topological polar surface area (TPSA) is 106 Å². The lowest BCUT2D eigenvalue weighted by molar-refractivity contribution is -0.147. The van der Waals surface area contributed by atoms with Crippen molar-refractivity contribution in [3.05, 3.63) is 102 Å². The van der Waals surface area contributed by atoms with Gasteiger partial charge >= 0.3 is 5.97 Å². The van der Waals surface area contributed by atoms with Crippen molar-refractivity contribution in [1.29, 1.82) is 0 Å². The van der Waals surface area contributed by atoms with Crippen LogP contribution in [-0.2, 0) is 20.8 Å². The molecular weight excluding hydrogens is 659 g/mol. The summed E-state index contributed by atoms with van der Waals surface area (Å²) in [5.74, 6) is -1.22. The molecular formula is C43H45FN2O6. The van der Waals surface area contributed by atoms with Crippen molar-refractivity contribution < 1.29 is 33.4 Å². The molecule has 5 atom stereocenters. The Morgan fingerprint density at radius 1 is 1.04 bits per heavy atom. The molecule has 1 saturated carbocycles. The number of aromatic nitrogens is 1. The van der Waals surface area contributed by atoms with Gasteiger partial charge in [0.25, 0.3) is 0 Å². The van der Waals surface area contributed by atoms with Crippen LogP contribution in [0.25, 0.3) is 22.2 Å². The van der Waals surface area contributed by atoms with Crippen LogP contribution in [0, 0.1) is 30.0 Å². The van der Waals surface area contributed by atoms with Crippen LogP contribution < -0.4 is 9.47 Å². The van der Waals surface area contributed by atoms with Crippen LogP contribution in [0.4, 0.5) is 4.39 Å². The number of carbonyl (C=O) groups excluding carboxylic acids is 2. The van der Waals surface area contributed by atoms with Crippen molar-refractivity contribution in [2.24, 2.45) is 17.3 Å². The van der Waals surface area contributed by atoms with E-state index in [2.05, 4.69) is 0 Å². The van der Waals surface area contributed by atoms with E-state index < -0.39 is 29.4 Å². The number of methoxy groups -OCH3 is 1. The van der Waals surface area contributed by atoms with Crippen molar-refractivity contribution in [2.75, 3.05) is 13.7 Å². The second-order valence-corrected chi connectivity index (χ2v) is 14.8. The van der Waals surface area contributed by atoms with Crippen molar-refractivity contribution in [3.63, 3.8) is 0 Å². The molecule has 7 rings (SSSR count). The highest BCUT2D eigenvalue weighted by Gasteiger charge is 2.61. The second-order valence-electron chi connectivity index (χ2n) is 14.8. The Kier molecular flexibility index (Phi) is 10.1. The average molecular weight is 705 g/mol. The lowest BCUT2D eigenvalue weighted by Crippen LogP contribution is -2.45. The van der Waals surface area contributed by atoms with E-state index in [-0.39, 0.29) is 42.8 Å². The molecule has 0 radical (unpaired) electrons. The molecule has 270 valence electrons. The first-order valence-electron chi connectivity index (χ1n) is 18.3. The zero-order chi connectivity index (χ0) is 36.4. The highest BCUT2D eigenvalue weighted by atomic mass is 19.1. The molecule has 3 aliphatic rings. The maximum atomic E-state index is 14.7. The number of allylic oxidation sites excluding steroid dienone is 2. The number of carbonyl (C=O) groups is 3. The van der Waals surface area contributed by atoms with Gasteiger partial charge < -0.3 is 19.5 Å². The fourth-order valence-corrected chi connectivity index (χ4v) is 8.16. The Balaban J connectivity index is 1.24. The normalized spacial score (nSPS) is 25.8. The van der Waals surface area contributed by atoms with Crippen molar-refractivity contribution in [3.8, 4) is 22.8 Å². The summed E-state index contributed by atoms with van der Waals surface area (Å²) in [4.78, 5) is 48.1. The molecule has 1 amide bonds. The number of rotatable bonds is 7. The maximum Gasteiger partial charge on any atom is 0.310 e. The smallest absolute Gasteiger partial charge is 0.310 e. The van der Waals surface area contributed by atoms with Gasteiger partial charge in [0.2, 0.25) is 5.91 Å². The lowest BCUT2D eigenvalue weighted by Gasteiger charge is -2.29. The Labute approximate surface area is 303 Å². The van der Waals surface area contributed by atoms with Crippen LogP contribution in [0.1, 0.15) is 62.5 Å². The minimum atomic E-state index is -1.16. The number of hydrogen-bond donors (Lipinski definition) is 1. The van der Waals surface area contributed by atoms with Gasteiger partial charge in [-0.1, -0.05) is 61.4 Å². The predicted molar refractivity (Wildman–Crippen MR) is 197 cm³/mol. The fourth-order valence-electron chi connectivity index (χ4n) is 8.16. The van der Waals surface area contributed by atoms with E-state index in [9.17, 15) is 23.9 Å². The van der Waals surface area contributed by atoms with Crippen molar-refractivity contribution in [2.45, 2.75) is 76.9 Å². The number of benzene rings is 3. The molecule has 2 fully saturated rings. The first-order chi connectivity index (χ1) is 25.1. The molecule has 0 bridgehead atoms. The molecule has 1 N–H and O–H groups in total. The van der Waals surface area contributed by atoms with Crippen LogP contribution in [0.3, 0.4) is 0 Å². The summed E-state index contributed by atoms with van der Waals surface area (Å²) in [6, 6.07) is 21.3. The SMILES string of the molecule is COc1ccc2c(O[C@@H]3C[C@H]4C(=O)C[C@]5(C(=O)O)C[C@H]5/C=C\CCCCC[C@H](Cc5cc(C)cc(F)c5)C(=O)N4C3)cc(-c3ccccc3)nc2c1. The largest absolute Gasteiger partial charge is 0.497 e. The van der Waals surface area contributed by atoms with E-state index in [4.69, 9.17) is 14.5 Å². The molecule has 0 unspecified atom stereocenters. The Morgan fingerprint density at radius 3 is 2.63 bits per heavy atom. The highest BCUT2D eigenvalue weighted by Crippen LogP contribution is 2.57. The number of nitrogens with zero attached hydrogens (tertiary/aromatic N) is 2. The summed E-state index contributed by atoms with van der Waals surface area (Å²) in [7, 11) is 1.60. The summed E-state index contributed by atoms with van der Waals surface area (Å²) < 4.78 is 26.7. The third kappa shape index (κ3) is 7.45. The van der Waals surface area contributed by atoms with Crippen molar-refractivity contribution >= 4 is 28.6 Å². The minimum absolute atomic E-state index is 0.150. The molecule has 0 spiro atoms. The molecule has 3 aromatic carbocycles. The fraction of sp³-hybridized carbons (Fsp3) is 0.395. The number of aliphatic carboxylic acids is 1. The van der Waals surface area contributed by atoms with Crippen LogP contribution in [0.2, 0.25) is 0 Å². The van der Waals surface area contributed by atoms with Gasteiger partial charge in [-0.25, -0.2) is 9.37 Å². The summed E-state index contributed by atoms with van der Waals surface area (Å²) in [5.41, 5.74) is 2.65. The van der Waals surface area contributed by atoms with Crippen LogP contribution >= 0.6 is 0 Å². The van der Waals surface area contributed by atoms with E-state index >= 15 is 0 Å². The molecule has 9 heteroatoms. The number of carboxylic acid groups (broad SMARTS) is 1. The van der Waals surface area contributed by atoms with Gasteiger partial charge in [0.15, 0.2) is 5.78 Å². The average Bonchev–Trinajstić information content (AvgIpc) is 3.67. The van der Waals surface area contributed by atoms with Gasteiger partial charge in [0.05, 0.1) is 36.3 Å². The van der Waals surface area contributed by atoms with Gasteiger partial charge in [0, 0.05) is 41.8 Å². The van der Waals surface area contributed by atoms with E-state index in [1.807, 2.05) is 79.7 Å². The quantitative estimate of drug-likeness (QED) is 0.194. The third-order valence-corrected chi connectivity index (χ3v) is 11.0. The number of aryl methyl sites for hydroxylation is 1. The molecule has 1 aliphatic carbocycles. The van der Waals surface area contributed by atoms with Crippen molar-refractivity contribution in [1.82, 2.24) is 9.88 Å². The van der Waals surface area contributed by atoms with Crippen LogP contribution in [-0.4, -0.2) is 58.5 Å². The number of halogens is 1. The van der Waals surface area contributed by atoms with Gasteiger partial charge in [0.1, 0.15) is 23.4 Å². The second kappa shape index (κ2) is 14.9. The minimum Gasteiger partial charge on any atom is -0.497 e. The standard InChI is InChI=1S/C43H45FN2O6/c1-27-17-28(20-32(44)18-27)19-30-13-7-4-3-5-10-14-31-24-43(31,42(49)50)25-39(47)38-22-34(26-46(38)41(30)48)52-40-23-36(29-11-8-6-9-12-29)45-37-21-33(51-2)15-16-35(37)40/h6,8-12,14-18,20-21,23,30-31,34,38H,3-5,7,13,19,22,24-26H2,1-2H3,(H,49,50)/b14-10-/t30-,31-,34-,38+,43-/m1/s1. The van der Waals surface area contributed by atoms with Crippen LogP contribution in [0.15, 0.2) is 84.9 Å². The zero-order valence-corrected chi connectivity index (χ0v) is 29.7. The number of amides is 1. The zero-order valence-electron chi connectivity index (χ0n) is 29.7. The van der Waals surface area contributed by atoms with Gasteiger partial charge in [-0.05, 0) is 80.3 Å². The Hall–Kier alpha value is -5.05. The summed E-state index contributed by atoms with van der Waals surface area (Å²) >= 11 is 0. The Morgan fingerprint density at radius 2 is 1.87 bits per heavy atom. The number of ether oxygens (including phenoxy) is 2. The molecule has 2 aliphatic heterocycles. The first kappa shape index (κ1) is 35.4. The third-order valence-electron chi connectivity index (χ3n) is 11.0. The van der Waals surface area contributed by atoms with Gasteiger partial charge in [-0.2, -0.15) is 0 Å². The molecule has 1 saturated heterocycles. The van der Waals surface area contributed by atoms with Gasteiger partial charge in [-0.15, -0.1) is 0 Å². The molecule has 4 aromatic rings. The summed E-state index contributed by atoms with van der Waals surface area (Å²) in [5, 5.41) is 11.1. The number of carboxylic acids is 1. The van der Waals surface area contributed by atoms with E-state index in [0.717, 1.165) is 47.8 Å². The van der Waals surface area contributed by atoms with E-state index in [0.29, 0.717) is 42.0 Å². The molecule has 1 aromatic heterocycles. The number of pyridine rings is 1.